The SMILES string of the molecule is CC[C@@]1(O)C(=O)OCc2c1cc1n(c2=O)Cc2c-1nc1cc(F)c(Cl)c3c1c2[C@@H](NC(=O)CN(CCN(CCN(CCO)C(C)=O)C(C)=O)C(C)=O)CC3. The van der Waals surface area contributed by atoms with Crippen LogP contribution in [0.1, 0.15) is 74.4 Å². The Balaban J connectivity index is 1.30. The van der Waals surface area contributed by atoms with Crippen LogP contribution in [0.2, 0.25) is 5.02 Å². The number of ether oxygens (including phenoxy) is 1. The molecule has 3 aromatic rings. The van der Waals surface area contributed by atoms with E-state index in [-0.39, 0.29) is 98.9 Å². The van der Waals surface area contributed by atoms with Crippen molar-refractivity contribution in [2.45, 2.75) is 71.8 Å². The smallest absolute Gasteiger partial charge is 0.343 e. The molecule has 4 heterocycles. The standard InChI is InChI=1S/C37H42ClFN6O9/c1-5-37(53)25-14-29-34-23(16-45(29)35(51)24(25)18-54-36(37)52)32-27(7-6-22-31(32)28(41-34)15-26(39)33(22)38)40-30(50)17-44(21(4)49)11-10-42(19(2)47)8-9-43(12-13-46)20(3)48/h14-15,27,46,53H,5-13,16-18H2,1-4H3,(H,40,50)/t27-,37-/m0/s1. The molecule has 0 saturated heterocycles. The Kier molecular flexibility index (Phi) is 10.8. The van der Waals surface area contributed by atoms with Crippen molar-refractivity contribution in [2.75, 3.05) is 45.9 Å². The first-order chi connectivity index (χ1) is 25.6. The molecule has 4 amide bonds. The lowest BCUT2D eigenvalue weighted by Crippen LogP contribution is -2.47. The molecule has 0 spiro atoms. The first kappa shape index (κ1) is 38.8. The molecule has 1 aromatic carbocycles. The number of nitrogens with one attached hydrogen (secondary N) is 1. The summed E-state index contributed by atoms with van der Waals surface area (Å²) in [4.78, 5) is 86.3. The number of aromatic nitrogens is 2. The maximum Gasteiger partial charge on any atom is 0.343 e. The number of hydrogen-bond donors (Lipinski definition) is 3. The minimum atomic E-state index is -2.04. The van der Waals surface area contributed by atoms with Gasteiger partial charge in [-0.15, -0.1) is 0 Å². The highest BCUT2D eigenvalue weighted by molar-refractivity contribution is 6.32. The fraction of sp³-hybridized carbons (Fsp3) is 0.486. The molecule has 2 aromatic heterocycles. The number of benzene rings is 1. The predicted octanol–water partition coefficient (Wildman–Crippen LogP) is 1.51. The highest BCUT2D eigenvalue weighted by Gasteiger charge is 2.46. The van der Waals surface area contributed by atoms with Crippen LogP contribution < -0.4 is 10.9 Å². The van der Waals surface area contributed by atoms with E-state index in [1.54, 1.807) is 13.0 Å². The number of nitrogens with zero attached hydrogens (tertiary/aromatic N) is 5. The summed E-state index contributed by atoms with van der Waals surface area (Å²) in [7, 11) is 0. The zero-order chi connectivity index (χ0) is 39.2. The molecule has 54 heavy (non-hydrogen) atoms. The number of carbonyl (C=O) groups is 5. The third-order valence-electron chi connectivity index (χ3n) is 10.7. The second kappa shape index (κ2) is 15.1. The predicted molar refractivity (Wildman–Crippen MR) is 193 cm³/mol. The monoisotopic (exact) mass is 768 g/mol. The molecule has 0 saturated carbocycles. The molecule has 2 aliphatic heterocycles. The molecule has 3 aliphatic rings. The van der Waals surface area contributed by atoms with Crippen LogP contribution in [0, 0.1) is 5.82 Å². The first-order valence-electron chi connectivity index (χ1n) is 17.8. The van der Waals surface area contributed by atoms with Crippen molar-refractivity contribution in [1.82, 2.24) is 29.6 Å². The molecule has 1 aliphatic carbocycles. The van der Waals surface area contributed by atoms with Crippen molar-refractivity contribution in [1.29, 1.82) is 0 Å². The second-order valence-corrected chi connectivity index (χ2v) is 14.2. The van der Waals surface area contributed by atoms with Gasteiger partial charge in [0.05, 0.1) is 53.2 Å². The molecule has 0 unspecified atom stereocenters. The molecule has 0 bridgehead atoms. The molecular formula is C37H42ClFN6O9. The van der Waals surface area contributed by atoms with Gasteiger partial charge in [0.1, 0.15) is 12.4 Å². The summed E-state index contributed by atoms with van der Waals surface area (Å²) in [6.07, 6.45) is 0.568. The number of pyridine rings is 2. The molecule has 6 rings (SSSR count). The van der Waals surface area contributed by atoms with Gasteiger partial charge in [-0.2, -0.15) is 0 Å². The van der Waals surface area contributed by atoms with Crippen LogP contribution in [0.4, 0.5) is 4.39 Å². The minimum Gasteiger partial charge on any atom is -0.458 e. The number of aliphatic hydroxyl groups excluding tert-OH is 1. The van der Waals surface area contributed by atoms with Gasteiger partial charge in [0.2, 0.25) is 23.6 Å². The lowest BCUT2D eigenvalue weighted by Gasteiger charge is -2.31. The number of rotatable bonds is 12. The highest BCUT2D eigenvalue weighted by atomic mass is 35.5. The molecule has 2 atom stereocenters. The summed E-state index contributed by atoms with van der Waals surface area (Å²) in [5, 5.41) is 24.1. The molecule has 288 valence electrons. The van der Waals surface area contributed by atoms with Crippen molar-refractivity contribution in [3.05, 3.63) is 61.1 Å². The topological polar surface area (TPSA) is 192 Å². The molecule has 0 fully saturated rings. The Morgan fingerprint density at radius 1 is 1.00 bits per heavy atom. The third kappa shape index (κ3) is 6.82. The Labute approximate surface area is 314 Å². The second-order valence-electron chi connectivity index (χ2n) is 13.8. The lowest BCUT2D eigenvalue weighted by molar-refractivity contribution is -0.172. The normalized spacial score (nSPS) is 18.0. The van der Waals surface area contributed by atoms with Gasteiger partial charge in [-0.3, -0.25) is 24.0 Å². The van der Waals surface area contributed by atoms with Crippen molar-refractivity contribution in [3.8, 4) is 11.4 Å². The van der Waals surface area contributed by atoms with Crippen LogP contribution >= 0.6 is 11.6 Å². The number of cyclic esters (lactones) is 1. The summed E-state index contributed by atoms with van der Waals surface area (Å²) in [6.45, 7) is 5.37. The molecule has 3 N–H and O–H groups in total. The zero-order valence-corrected chi connectivity index (χ0v) is 31.2. The van der Waals surface area contributed by atoms with Crippen LogP contribution in [0.15, 0.2) is 16.9 Å². The Morgan fingerprint density at radius 2 is 1.63 bits per heavy atom. The van der Waals surface area contributed by atoms with E-state index in [9.17, 15) is 39.0 Å². The van der Waals surface area contributed by atoms with Crippen molar-refractivity contribution < 1.29 is 43.3 Å². The number of aryl methyl sites for hydroxylation is 1. The molecule has 15 nitrogen and oxygen atoms in total. The number of fused-ring (bicyclic) bond motifs is 5. The van der Waals surface area contributed by atoms with Gasteiger partial charge in [-0.1, -0.05) is 18.5 Å². The molecule has 0 radical (unpaired) electrons. The van der Waals surface area contributed by atoms with Gasteiger partial charge in [0.15, 0.2) is 5.60 Å². The van der Waals surface area contributed by atoms with E-state index in [1.807, 2.05) is 0 Å². The van der Waals surface area contributed by atoms with Gasteiger partial charge in [0, 0.05) is 76.1 Å². The Bertz CT molecular complexity index is 2160. The van der Waals surface area contributed by atoms with Gasteiger partial charge in [0.25, 0.3) is 5.56 Å². The van der Waals surface area contributed by atoms with E-state index >= 15 is 4.39 Å². The number of esters is 1. The van der Waals surface area contributed by atoms with Crippen LogP contribution in [0.25, 0.3) is 22.3 Å². The maximum absolute atomic E-state index is 15.2. The van der Waals surface area contributed by atoms with Crippen molar-refractivity contribution in [3.63, 3.8) is 0 Å². The zero-order valence-electron chi connectivity index (χ0n) is 30.5. The average Bonchev–Trinajstić information content (AvgIpc) is 3.49. The Morgan fingerprint density at radius 3 is 2.24 bits per heavy atom. The summed E-state index contributed by atoms with van der Waals surface area (Å²) < 4.78 is 21.8. The van der Waals surface area contributed by atoms with Gasteiger partial charge in [-0.25, -0.2) is 14.2 Å². The van der Waals surface area contributed by atoms with Crippen molar-refractivity contribution >= 4 is 52.1 Å². The minimum absolute atomic E-state index is 0.0267. The van der Waals surface area contributed by atoms with Crippen LogP contribution in [-0.2, 0) is 53.9 Å². The summed E-state index contributed by atoms with van der Waals surface area (Å²) in [5.74, 6) is -3.00. The number of hydrogen-bond acceptors (Lipinski definition) is 10. The van der Waals surface area contributed by atoms with Gasteiger partial charge in [-0.05, 0) is 36.5 Å². The first-order valence-corrected chi connectivity index (χ1v) is 18.2. The fourth-order valence-electron chi connectivity index (χ4n) is 7.72. The quantitative estimate of drug-likeness (QED) is 0.178. The summed E-state index contributed by atoms with van der Waals surface area (Å²) in [5.41, 5.74) is 0.355. The fourth-order valence-corrected chi connectivity index (χ4v) is 7.96. The number of aliphatic hydroxyl groups is 2. The van der Waals surface area contributed by atoms with E-state index in [4.69, 9.17) is 21.3 Å². The van der Waals surface area contributed by atoms with E-state index in [2.05, 4.69) is 5.32 Å². The summed E-state index contributed by atoms with van der Waals surface area (Å²) in [6, 6.07) is 2.10. The van der Waals surface area contributed by atoms with Crippen molar-refractivity contribution in [2.24, 2.45) is 0 Å². The van der Waals surface area contributed by atoms with E-state index in [0.29, 0.717) is 46.3 Å². The van der Waals surface area contributed by atoms with Crippen LogP contribution in [0.3, 0.4) is 0 Å². The van der Waals surface area contributed by atoms with Gasteiger partial charge >= 0.3 is 5.97 Å². The Hall–Kier alpha value is -4.93. The number of halogens is 2. The van der Waals surface area contributed by atoms with Crippen LogP contribution in [0.5, 0.6) is 0 Å². The molecular weight excluding hydrogens is 727 g/mol. The lowest BCUT2D eigenvalue weighted by atomic mass is 9.83. The van der Waals surface area contributed by atoms with Gasteiger partial charge < -0.3 is 39.5 Å². The maximum atomic E-state index is 15.2. The average molecular weight is 769 g/mol. The van der Waals surface area contributed by atoms with Crippen LogP contribution in [-0.4, -0.2) is 110 Å². The third-order valence-corrected chi connectivity index (χ3v) is 11.1. The van der Waals surface area contributed by atoms with E-state index < -0.39 is 40.8 Å². The highest BCUT2D eigenvalue weighted by Crippen LogP contribution is 2.46. The molecule has 17 heteroatoms. The van der Waals surface area contributed by atoms with E-state index in [0.717, 1.165) is 0 Å². The number of amides is 4. The van der Waals surface area contributed by atoms with E-state index in [1.165, 1.54) is 46.1 Å². The largest absolute Gasteiger partial charge is 0.458 e. The summed E-state index contributed by atoms with van der Waals surface area (Å²) >= 11 is 6.48. The number of carbonyl (C=O) groups excluding carboxylic acids is 5.